The van der Waals surface area contributed by atoms with Gasteiger partial charge in [0.25, 0.3) is 5.91 Å². The highest BCUT2D eigenvalue weighted by Gasteiger charge is 2.34. The van der Waals surface area contributed by atoms with Gasteiger partial charge in [-0.15, -0.1) is 0 Å². The van der Waals surface area contributed by atoms with Crippen molar-refractivity contribution in [3.63, 3.8) is 0 Å². The van der Waals surface area contributed by atoms with Crippen LogP contribution in [-0.4, -0.2) is 32.6 Å². The van der Waals surface area contributed by atoms with Gasteiger partial charge in [0, 0.05) is 30.2 Å². The topological polar surface area (TPSA) is 97.3 Å². The number of alkyl halides is 3. The molecule has 0 bridgehead atoms. The molecule has 1 fully saturated rings. The fourth-order valence-electron chi connectivity index (χ4n) is 3.71. The summed E-state index contributed by atoms with van der Waals surface area (Å²) in [4.78, 5) is 16.8. The molecule has 1 aliphatic carbocycles. The van der Waals surface area contributed by atoms with Gasteiger partial charge in [-0.2, -0.15) is 18.3 Å². The lowest BCUT2D eigenvalue weighted by molar-refractivity contribution is -0.136. The average Bonchev–Trinajstić information content (AvgIpc) is 3.13. The minimum atomic E-state index is -4.62. The van der Waals surface area contributed by atoms with E-state index in [-0.39, 0.29) is 29.0 Å². The standard InChI is InChI=1S/C20H21F3N6O/c21-20(22,23)14-7-6-12(27-16-5-2-1-4-15(16)24)10-17(14)28-19(30)13-11-26-29-9-3-8-25-18(13)29/h3,6-11,15-16,27H,1-2,4-5,24H2,(H,28,30)/t15-,16+/m0/s1. The van der Waals surface area contributed by atoms with E-state index in [1.165, 1.54) is 29.0 Å². The lowest BCUT2D eigenvalue weighted by Gasteiger charge is -2.30. The maximum absolute atomic E-state index is 13.5. The highest BCUT2D eigenvalue weighted by atomic mass is 19.4. The third-order valence-electron chi connectivity index (χ3n) is 5.27. The van der Waals surface area contributed by atoms with Crippen LogP contribution in [0.15, 0.2) is 42.9 Å². The van der Waals surface area contributed by atoms with Gasteiger partial charge < -0.3 is 16.4 Å². The number of carbonyl (C=O) groups excluding carboxylic acids is 1. The summed E-state index contributed by atoms with van der Waals surface area (Å²) in [7, 11) is 0. The molecule has 4 rings (SSSR count). The molecule has 1 aliphatic rings. The van der Waals surface area contributed by atoms with Gasteiger partial charge in [-0.3, -0.25) is 4.79 Å². The summed E-state index contributed by atoms with van der Waals surface area (Å²) in [6, 6.07) is 5.15. The predicted octanol–water partition coefficient (Wildman–Crippen LogP) is 3.68. The minimum absolute atomic E-state index is 0.0251. The quantitative estimate of drug-likeness (QED) is 0.601. The number of nitrogens with zero attached hydrogens (tertiary/aromatic N) is 3. The number of hydrogen-bond donors (Lipinski definition) is 3. The number of anilines is 2. The summed E-state index contributed by atoms with van der Waals surface area (Å²) in [6.07, 6.45) is 3.49. The number of carbonyl (C=O) groups is 1. The second-order valence-corrected chi connectivity index (χ2v) is 7.36. The molecule has 10 heteroatoms. The maximum Gasteiger partial charge on any atom is 0.418 e. The first-order valence-electron chi connectivity index (χ1n) is 9.66. The van der Waals surface area contributed by atoms with Gasteiger partial charge in [-0.05, 0) is 37.1 Å². The third-order valence-corrected chi connectivity index (χ3v) is 5.27. The molecular weight excluding hydrogens is 397 g/mol. The molecule has 30 heavy (non-hydrogen) atoms. The highest BCUT2D eigenvalue weighted by Crippen LogP contribution is 2.37. The SMILES string of the molecule is N[C@H]1CCCC[C@H]1Nc1ccc(C(F)(F)F)c(NC(=O)c2cnn3cccnc23)c1. The zero-order valence-electron chi connectivity index (χ0n) is 16.0. The molecule has 0 radical (unpaired) electrons. The highest BCUT2D eigenvalue weighted by molar-refractivity contribution is 6.08. The Balaban J connectivity index is 1.63. The normalized spacial score (nSPS) is 19.6. The molecule has 158 valence electrons. The number of nitrogens with two attached hydrogens (primary N) is 1. The molecule has 0 spiro atoms. The first kappa shape index (κ1) is 20.1. The number of hydrogen-bond acceptors (Lipinski definition) is 5. The fourth-order valence-corrected chi connectivity index (χ4v) is 3.71. The van der Waals surface area contributed by atoms with Crippen LogP contribution in [0.5, 0.6) is 0 Å². The minimum Gasteiger partial charge on any atom is -0.381 e. The van der Waals surface area contributed by atoms with Crippen molar-refractivity contribution in [2.75, 3.05) is 10.6 Å². The first-order valence-corrected chi connectivity index (χ1v) is 9.66. The molecule has 0 saturated heterocycles. The molecule has 2 aromatic heterocycles. The van der Waals surface area contributed by atoms with Gasteiger partial charge >= 0.3 is 6.18 Å². The van der Waals surface area contributed by atoms with Crippen LogP contribution in [0.1, 0.15) is 41.6 Å². The number of fused-ring (bicyclic) bond motifs is 1. The number of amides is 1. The Bertz CT molecular complexity index is 1060. The molecule has 1 amide bonds. The molecule has 4 N–H and O–H groups in total. The fraction of sp³-hybridized carbons (Fsp3) is 0.350. The van der Waals surface area contributed by atoms with Crippen LogP contribution in [0, 0.1) is 0 Å². The van der Waals surface area contributed by atoms with Gasteiger partial charge in [0.05, 0.1) is 17.4 Å². The zero-order chi connectivity index (χ0) is 21.3. The molecule has 2 atom stereocenters. The van der Waals surface area contributed by atoms with Gasteiger partial charge in [0.2, 0.25) is 0 Å². The Morgan fingerprint density at radius 3 is 2.80 bits per heavy atom. The summed E-state index contributed by atoms with van der Waals surface area (Å²) in [6.45, 7) is 0. The molecule has 2 heterocycles. The molecule has 0 unspecified atom stereocenters. The Morgan fingerprint density at radius 1 is 1.23 bits per heavy atom. The number of aromatic nitrogens is 3. The van der Waals surface area contributed by atoms with Crippen molar-refractivity contribution in [2.45, 2.75) is 43.9 Å². The van der Waals surface area contributed by atoms with Gasteiger partial charge in [-0.25, -0.2) is 9.50 Å². The van der Waals surface area contributed by atoms with Gasteiger partial charge in [0.1, 0.15) is 5.56 Å². The summed E-state index contributed by atoms with van der Waals surface area (Å²) < 4.78 is 42.0. The van der Waals surface area contributed by atoms with Crippen molar-refractivity contribution in [2.24, 2.45) is 5.73 Å². The van der Waals surface area contributed by atoms with Crippen LogP contribution < -0.4 is 16.4 Å². The second-order valence-electron chi connectivity index (χ2n) is 7.36. The van der Waals surface area contributed by atoms with Crippen LogP contribution in [0.25, 0.3) is 5.65 Å². The molecule has 1 aromatic carbocycles. The molecule has 3 aromatic rings. The van der Waals surface area contributed by atoms with Crippen molar-refractivity contribution in [3.05, 3.63) is 54.0 Å². The van der Waals surface area contributed by atoms with E-state index in [1.807, 2.05) is 0 Å². The number of rotatable bonds is 4. The summed E-state index contributed by atoms with van der Waals surface area (Å²) in [5.41, 5.74) is 5.67. The third kappa shape index (κ3) is 4.09. The Kier molecular flexibility index (Phi) is 5.33. The Labute approximate surface area is 170 Å². The van der Waals surface area contributed by atoms with E-state index in [9.17, 15) is 18.0 Å². The Morgan fingerprint density at radius 2 is 2.03 bits per heavy atom. The van der Waals surface area contributed by atoms with Crippen molar-refractivity contribution < 1.29 is 18.0 Å². The molecule has 0 aliphatic heterocycles. The lowest BCUT2D eigenvalue weighted by Crippen LogP contribution is -2.42. The molecule has 1 saturated carbocycles. The van der Waals surface area contributed by atoms with Crippen LogP contribution in [0.4, 0.5) is 24.5 Å². The van der Waals surface area contributed by atoms with E-state index < -0.39 is 17.6 Å². The zero-order valence-corrected chi connectivity index (χ0v) is 16.0. The Hall–Kier alpha value is -3.14. The first-order chi connectivity index (χ1) is 14.3. The van der Waals surface area contributed by atoms with Crippen LogP contribution in [0.3, 0.4) is 0 Å². The van der Waals surface area contributed by atoms with Crippen molar-refractivity contribution in [1.29, 1.82) is 0 Å². The summed E-state index contributed by atoms with van der Waals surface area (Å²) in [5, 5.41) is 9.59. The lowest BCUT2D eigenvalue weighted by atomic mass is 9.91. The van der Waals surface area contributed by atoms with Crippen molar-refractivity contribution in [3.8, 4) is 0 Å². The van der Waals surface area contributed by atoms with E-state index in [0.717, 1.165) is 31.7 Å². The molecular formula is C20H21F3N6O. The average molecular weight is 418 g/mol. The van der Waals surface area contributed by atoms with E-state index in [2.05, 4.69) is 20.7 Å². The predicted molar refractivity (Wildman–Crippen MR) is 106 cm³/mol. The van der Waals surface area contributed by atoms with Gasteiger partial charge in [0.15, 0.2) is 5.65 Å². The summed E-state index contributed by atoms with van der Waals surface area (Å²) >= 11 is 0. The number of benzene rings is 1. The summed E-state index contributed by atoms with van der Waals surface area (Å²) in [5.74, 6) is -0.722. The van der Waals surface area contributed by atoms with Gasteiger partial charge in [-0.1, -0.05) is 12.8 Å². The molecule has 7 nitrogen and oxygen atoms in total. The van der Waals surface area contributed by atoms with Crippen molar-refractivity contribution >= 4 is 22.9 Å². The monoisotopic (exact) mass is 418 g/mol. The number of halogens is 3. The van der Waals surface area contributed by atoms with E-state index >= 15 is 0 Å². The van der Waals surface area contributed by atoms with Crippen LogP contribution in [0.2, 0.25) is 0 Å². The van der Waals surface area contributed by atoms with Crippen molar-refractivity contribution in [1.82, 2.24) is 14.6 Å². The largest absolute Gasteiger partial charge is 0.418 e. The van der Waals surface area contributed by atoms with E-state index in [0.29, 0.717) is 5.69 Å². The van der Waals surface area contributed by atoms with E-state index in [1.54, 1.807) is 12.3 Å². The number of nitrogens with one attached hydrogen (secondary N) is 2. The second kappa shape index (κ2) is 7.94. The maximum atomic E-state index is 13.5. The van der Waals surface area contributed by atoms with E-state index in [4.69, 9.17) is 5.73 Å². The van der Waals surface area contributed by atoms with Crippen LogP contribution in [-0.2, 0) is 6.18 Å². The smallest absolute Gasteiger partial charge is 0.381 e. The van der Waals surface area contributed by atoms with Crippen LogP contribution >= 0.6 is 0 Å².